The molecule has 8 heteroatoms. The number of carbonyl (C=O) groups is 2. The zero-order valence-electron chi connectivity index (χ0n) is 12.1. The predicted molar refractivity (Wildman–Crippen MR) is 79.2 cm³/mol. The second kappa shape index (κ2) is 5.88. The summed E-state index contributed by atoms with van der Waals surface area (Å²) in [5.74, 6) is 0.720. The predicted octanol–water partition coefficient (Wildman–Crippen LogP) is 0.201. The highest BCUT2D eigenvalue weighted by atomic mass is 16.7. The number of rotatable bonds is 3. The minimum absolute atomic E-state index is 0.0265. The Morgan fingerprint density at radius 1 is 1.35 bits per heavy atom. The van der Waals surface area contributed by atoms with E-state index in [1.54, 1.807) is 18.2 Å². The van der Waals surface area contributed by atoms with Gasteiger partial charge < -0.3 is 25.4 Å². The number of hydrogen-bond acceptors (Lipinski definition) is 5. The van der Waals surface area contributed by atoms with Crippen LogP contribution in [0.4, 0.5) is 4.79 Å². The molecule has 0 bridgehead atoms. The molecule has 8 nitrogen and oxygen atoms in total. The summed E-state index contributed by atoms with van der Waals surface area (Å²) in [7, 11) is 0. The largest absolute Gasteiger partial charge is 0.454 e. The Kier molecular flexibility index (Phi) is 3.76. The molecule has 0 aliphatic carbocycles. The van der Waals surface area contributed by atoms with Crippen molar-refractivity contribution in [1.82, 2.24) is 10.2 Å². The summed E-state index contributed by atoms with van der Waals surface area (Å²) in [4.78, 5) is 24.4. The van der Waals surface area contributed by atoms with Crippen molar-refractivity contribution >= 4 is 18.0 Å². The fourth-order valence-corrected chi connectivity index (χ4v) is 2.33. The van der Waals surface area contributed by atoms with Gasteiger partial charge in [-0.05, 0) is 23.8 Å². The van der Waals surface area contributed by atoms with Crippen LogP contribution in [-0.4, -0.2) is 42.8 Å². The third kappa shape index (κ3) is 3.03. The highest BCUT2D eigenvalue weighted by Gasteiger charge is 2.30. The van der Waals surface area contributed by atoms with Crippen LogP contribution < -0.4 is 20.5 Å². The summed E-state index contributed by atoms with van der Waals surface area (Å²) in [6.45, 7) is 0.861. The molecule has 23 heavy (non-hydrogen) atoms. The van der Waals surface area contributed by atoms with Gasteiger partial charge in [-0.15, -0.1) is 0 Å². The number of carbonyl (C=O) groups excluding carboxylic acids is 2. The van der Waals surface area contributed by atoms with Crippen LogP contribution in [-0.2, 0) is 4.79 Å². The molecule has 1 aromatic rings. The summed E-state index contributed by atoms with van der Waals surface area (Å²) in [6.07, 6.45) is 1.47. The smallest absolute Gasteiger partial charge is 0.314 e. The minimum atomic E-state index is -0.521. The van der Waals surface area contributed by atoms with Crippen LogP contribution in [0, 0.1) is 11.3 Å². The van der Waals surface area contributed by atoms with E-state index in [9.17, 15) is 14.9 Å². The van der Waals surface area contributed by atoms with Crippen LogP contribution in [0.3, 0.4) is 0 Å². The zero-order chi connectivity index (χ0) is 16.4. The second-order valence-corrected chi connectivity index (χ2v) is 5.20. The number of nitrogens with zero attached hydrogens (tertiary/aromatic N) is 2. The lowest BCUT2D eigenvalue weighted by Crippen LogP contribution is -2.62. The number of amides is 3. The Bertz CT molecular complexity index is 731. The number of nitriles is 1. The molecular formula is C15H14N4O4. The first-order chi connectivity index (χ1) is 11.1. The molecule has 3 rings (SSSR count). The molecule has 0 unspecified atom stereocenters. The molecular weight excluding hydrogens is 300 g/mol. The third-order valence-electron chi connectivity index (χ3n) is 3.60. The Hall–Kier alpha value is -3.21. The van der Waals surface area contributed by atoms with Crippen molar-refractivity contribution in [2.45, 2.75) is 6.04 Å². The van der Waals surface area contributed by atoms with Gasteiger partial charge in [0.05, 0.1) is 6.04 Å². The Balaban J connectivity index is 1.66. The molecule has 0 saturated carbocycles. The Morgan fingerprint density at radius 2 is 2.09 bits per heavy atom. The number of urea groups is 1. The molecule has 0 atom stereocenters. The molecule has 3 amide bonds. The third-order valence-corrected chi connectivity index (χ3v) is 3.60. The van der Waals surface area contributed by atoms with Gasteiger partial charge in [-0.3, -0.25) is 4.79 Å². The summed E-state index contributed by atoms with van der Waals surface area (Å²) in [5, 5.41) is 11.9. The van der Waals surface area contributed by atoms with Gasteiger partial charge in [0, 0.05) is 13.1 Å². The van der Waals surface area contributed by atoms with E-state index < -0.39 is 11.9 Å². The molecule has 0 radical (unpaired) electrons. The molecule has 2 heterocycles. The lowest BCUT2D eigenvalue weighted by Gasteiger charge is -2.38. The first-order valence-corrected chi connectivity index (χ1v) is 6.93. The van der Waals surface area contributed by atoms with Gasteiger partial charge in [-0.1, -0.05) is 6.07 Å². The molecule has 2 aliphatic rings. The summed E-state index contributed by atoms with van der Waals surface area (Å²) < 4.78 is 10.5. The normalized spacial score (nSPS) is 16.5. The molecule has 0 aromatic heterocycles. The number of primary amides is 1. The SMILES string of the molecule is N#C/C(=C/c1ccc2c(c1)OCO2)C(=O)NC1CN(C(N)=O)C1. The number of nitrogens with one attached hydrogen (secondary N) is 1. The fraction of sp³-hybridized carbons (Fsp3) is 0.267. The van der Waals surface area contributed by atoms with Gasteiger partial charge in [-0.2, -0.15) is 5.26 Å². The van der Waals surface area contributed by atoms with Gasteiger partial charge in [0.15, 0.2) is 11.5 Å². The van der Waals surface area contributed by atoms with E-state index in [1.807, 2.05) is 6.07 Å². The molecule has 3 N–H and O–H groups in total. The highest BCUT2D eigenvalue weighted by Crippen LogP contribution is 2.33. The van der Waals surface area contributed by atoms with E-state index in [2.05, 4.69) is 5.32 Å². The number of ether oxygens (including phenoxy) is 2. The van der Waals surface area contributed by atoms with Crippen molar-refractivity contribution in [3.63, 3.8) is 0 Å². The van der Waals surface area contributed by atoms with Gasteiger partial charge >= 0.3 is 6.03 Å². The van der Waals surface area contributed by atoms with Crippen molar-refractivity contribution in [2.75, 3.05) is 19.9 Å². The topological polar surface area (TPSA) is 118 Å². The first-order valence-electron chi connectivity index (χ1n) is 6.93. The van der Waals surface area contributed by atoms with Crippen LogP contribution in [0.25, 0.3) is 6.08 Å². The average molecular weight is 314 g/mol. The van der Waals surface area contributed by atoms with E-state index in [4.69, 9.17) is 15.2 Å². The molecule has 0 spiro atoms. The Labute approximate surface area is 132 Å². The van der Waals surface area contributed by atoms with Crippen molar-refractivity contribution in [3.8, 4) is 17.6 Å². The number of fused-ring (bicyclic) bond motifs is 1. The summed E-state index contributed by atoms with van der Waals surface area (Å²) in [6, 6.07) is 6.32. The first kappa shape index (κ1) is 14.7. The van der Waals surface area contributed by atoms with Crippen LogP contribution in [0.15, 0.2) is 23.8 Å². The zero-order valence-corrected chi connectivity index (χ0v) is 12.1. The lowest BCUT2D eigenvalue weighted by atomic mass is 10.1. The van der Waals surface area contributed by atoms with E-state index in [1.165, 1.54) is 11.0 Å². The maximum atomic E-state index is 12.1. The lowest BCUT2D eigenvalue weighted by molar-refractivity contribution is -0.118. The van der Waals surface area contributed by atoms with E-state index >= 15 is 0 Å². The molecule has 1 aromatic carbocycles. The van der Waals surface area contributed by atoms with Crippen molar-refractivity contribution in [3.05, 3.63) is 29.3 Å². The maximum absolute atomic E-state index is 12.1. The monoisotopic (exact) mass is 314 g/mol. The van der Waals surface area contributed by atoms with Crippen molar-refractivity contribution in [1.29, 1.82) is 5.26 Å². The fourth-order valence-electron chi connectivity index (χ4n) is 2.33. The van der Waals surface area contributed by atoms with Crippen LogP contribution in [0.2, 0.25) is 0 Å². The highest BCUT2D eigenvalue weighted by molar-refractivity contribution is 6.02. The van der Waals surface area contributed by atoms with E-state index in [0.717, 1.165) is 0 Å². The number of likely N-dealkylation sites (tertiary alicyclic amines) is 1. The summed E-state index contributed by atoms with van der Waals surface area (Å²) in [5.41, 5.74) is 5.75. The number of nitrogens with two attached hydrogens (primary N) is 1. The second-order valence-electron chi connectivity index (χ2n) is 5.20. The summed E-state index contributed by atoms with van der Waals surface area (Å²) >= 11 is 0. The number of benzene rings is 1. The quantitative estimate of drug-likeness (QED) is 0.610. The van der Waals surface area contributed by atoms with E-state index in [0.29, 0.717) is 30.2 Å². The van der Waals surface area contributed by atoms with Gasteiger partial charge in [0.25, 0.3) is 5.91 Å². The molecule has 1 saturated heterocycles. The minimum Gasteiger partial charge on any atom is -0.454 e. The average Bonchev–Trinajstić information content (AvgIpc) is 2.94. The van der Waals surface area contributed by atoms with Crippen molar-refractivity contribution < 1.29 is 19.1 Å². The van der Waals surface area contributed by atoms with Gasteiger partial charge in [-0.25, -0.2) is 4.79 Å². The standard InChI is InChI=1S/C15H14N4O4/c16-5-10(14(20)18-11-6-19(7-11)15(17)21)3-9-1-2-12-13(4-9)23-8-22-12/h1-4,11H,6-8H2,(H2,17,21)(H,18,20)/b10-3-. The molecule has 118 valence electrons. The van der Waals surface area contributed by atoms with Crippen molar-refractivity contribution in [2.24, 2.45) is 5.73 Å². The van der Waals surface area contributed by atoms with Gasteiger partial charge in [0.2, 0.25) is 6.79 Å². The molecule has 2 aliphatic heterocycles. The van der Waals surface area contributed by atoms with Gasteiger partial charge in [0.1, 0.15) is 11.6 Å². The van der Waals surface area contributed by atoms with Crippen LogP contribution >= 0.6 is 0 Å². The maximum Gasteiger partial charge on any atom is 0.314 e. The van der Waals surface area contributed by atoms with E-state index in [-0.39, 0.29) is 18.4 Å². The van der Waals surface area contributed by atoms with Crippen LogP contribution in [0.1, 0.15) is 5.56 Å². The number of hydrogen-bond donors (Lipinski definition) is 2. The molecule has 1 fully saturated rings. The Morgan fingerprint density at radius 3 is 2.78 bits per heavy atom. The van der Waals surface area contributed by atoms with Crippen LogP contribution in [0.5, 0.6) is 11.5 Å².